The van der Waals surface area contributed by atoms with Crippen molar-refractivity contribution in [1.29, 1.82) is 0 Å². The number of alkyl halides is 6. The Labute approximate surface area is 118 Å². The van der Waals surface area contributed by atoms with Crippen molar-refractivity contribution in [3.05, 3.63) is 0 Å². The summed E-state index contributed by atoms with van der Waals surface area (Å²) in [5, 5.41) is 0. The summed E-state index contributed by atoms with van der Waals surface area (Å²) in [6, 6.07) is 0. The molecule has 0 bridgehead atoms. The Morgan fingerprint density at radius 3 is 1.67 bits per heavy atom. The van der Waals surface area contributed by atoms with Crippen LogP contribution in [0.25, 0.3) is 0 Å². The largest absolute Gasteiger partial charge is 0.458 e. The molecule has 0 amide bonds. The summed E-state index contributed by atoms with van der Waals surface area (Å²) in [5.41, 5.74) is -5.41. The van der Waals surface area contributed by atoms with Crippen molar-refractivity contribution in [2.75, 3.05) is 6.61 Å². The molecular formula is C12H18F6O3. The van der Waals surface area contributed by atoms with E-state index >= 15 is 0 Å². The molecule has 0 aromatic rings. The third kappa shape index (κ3) is 5.37. The predicted octanol–water partition coefficient (Wildman–Crippen LogP) is 4.01. The molecule has 0 spiro atoms. The van der Waals surface area contributed by atoms with E-state index < -0.39 is 49.0 Å². The molecule has 0 N–H and O–H groups in total. The van der Waals surface area contributed by atoms with Gasteiger partial charge in [-0.15, -0.1) is 0 Å². The second-order valence-electron chi connectivity index (χ2n) is 5.45. The number of ether oxygens (including phenoxy) is 2. The molecule has 0 saturated heterocycles. The predicted molar refractivity (Wildman–Crippen MR) is 61.5 cm³/mol. The molecule has 0 heterocycles. The maximum Gasteiger partial charge on any atom is 0.426 e. The van der Waals surface area contributed by atoms with Gasteiger partial charge in [0.15, 0.2) is 0 Å². The number of rotatable bonds is 5. The van der Waals surface area contributed by atoms with E-state index in [1.165, 1.54) is 20.8 Å². The van der Waals surface area contributed by atoms with Gasteiger partial charge in [-0.3, -0.25) is 0 Å². The van der Waals surface area contributed by atoms with E-state index in [1.54, 1.807) is 0 Å². The smallest absolute Gasteiger partial charge is 0.426 e. The lowest BCUT2D eigenvalue weighted by Crippen LogP contribution is -2.59. The molecule has 21 heavy (non-hydrogen) atoms. The fraction of sp³-hybridized carbons (Fsp3) is 0.917. The number of esters is 1. The average molecular weight is 324 g/mol. The quantitative estimate of drug-likeness (QED) is 0.566. The molecule has 0 unspecified atom stereocenters. The molecule has 0 rings (SSSR count). The van der Waals surface area contributed by atoms with Crippen LogP contribution in [0.4, 0.5) is 26.3 Å². The topological polar surface area (TPSA) is 35.5 Å². The zero-order chi connectivity index (χ0) is 17.1. The first-order valence-electron chi connectivity index (χ1n) is 6.15. The zero-order valence-corrected chi connectivity index (χ0v) is 12.1. The molecule has 3 nitrogen and oxygen atoms in total. The van der Waals surface area contributed by atoms with E-state index in [2.05, 4.69) is 9.47 Å². The molecule has 9 heteroatoms. The van der Waals surface area contributed by atoms with E-state index in [0.717, 1.165) is 6.92 Å². The minimum atomic E-state index is -5.69. The van der Waals surface area contributed by atoms with Crippen LogP contribution in [0.3, 0.4) is 0 Å². The van der Waals surface area contributed by atoms with Crippen molar-refractivity contribution in [3.8, 4) is 0 Å². The number of hydrogen-bond donors (Lipinski definition) is 0. The summed E-state index contributed by atoms with van der Waals surface area (Å²) in [5.74, 6) is -1.29. The Hall–Kier alpha value is -0.990. The lowest BCUT2D eigenvalue weighted by Gasteiger charge is -2.36. The summed E-state index contributed by atoms with van der Waals surface area (Å²) in [4.78, 5) is 11.3. The van der Waals surface area contributed by atoms with Gasteiger partial charge in [-0.2, -0.15) is 26.3 Å². The molecule has 126 valence electrons. The Bertz CT molecular complexity index is 339. The highest BCUT2D eigenvalue weighted by molar-refractivity contribution is 5.71. The number of carbonyl (C=O) groups is 1. The minimum absolute atomic E-state index is 0.423. The van der Waals surface area contributed by atoms with Gasteiger partial charge in [0, 0.05) is 0 Å². The van der Waals surface area contributed by atoms with Crippen LogP contribution in [0.1, 0.15) is 40.5 Å². The number of carbonyl (C=O) groups excluding carboxylic acids is 1. The van der Waals surface area contributed by atoms with E-state index in [4.69, 9.17) is 0 Å². The Balaban J connectivity index is 5.22. The van der Waals surface area contributed by atoms with E-state index in [0.29, 0.717) is 0 Å². The molecular weight excluding hydrogens is 306 g/mol. The van der Waals surface area contributed by atoms with Crippen LogP contribution in [0.15, 0.2) is 0 Å². The Kier molecular flexibility index (Phi) is 6.11. The maximum atomic E-state index is 12.8. The van der Waals surface area contributed by atoms with Gasteiger partial charge in [0.1, 0.15) is 12.2 Å². The van der Waals surface area contributed by atoms with Gasteiger partial charge in [0.05, 0.1) is 0 Å². The molecule has 0 atom stereocenters. The zero-order valence-electron chi connectivity index (χ0n) is 12.1. The van der Waals surface area contributed by atoms with Crippen molar-refractivity contribution in [3.63, 3.8) is 0 Å². The van der Waals surface area contributed by atoms with Crippen LogP contribution in [-0.2, 0) is 14.3 Å². The van der Waals surface area contributed by atoms with Crippen molar-refractivity contribution >= 4 is 5.97 Å². The van der Waals surface area contributed by atoms with Crippen molar-refractivity contribution in [1.82, 2.24) is 0 Å². The molecule has 0 aliphatic rings. The molecule has 0 fully saturated rings. The number of halogens is 6. The van der Waals surface area contributed by atoms with Gasteiger partial charge in [-0.1, -0.05) is 13.3 Å². The fourth-order valence-corrected chi connectivity index (χ4v) is 1.59. The standard InChI is InChI=1S/C12H18F6O3/c1-5-6-10(11(13,14)15,12(16,17)18)20-7-8(19)21-9(2,3)4/h5-7H2,1-4H3. The normalized spacial score (nSPS) is 14.2. The lowest BCUT2D eigenvalue weighted by molar-refractivity contribution is -0.381. The van der Waals surface area contributed by atoms with Crippen molar-refractivity contribution < 1.29 is 40.6 Å². The average Bonchev–Trinajstić information content (AvgIpc) is 2.17. The summed E-state index contributed by atoms with van der Waals surface area (Å²) in [7, 11) is 0. The van der Waals surface area contributed by atoms with E-state index in [1.807, 2.05) is 0 Å². The van der Waals surface area contributed by atoms with E-state index in [9.17, 15) is 31.1 Å². The lowest BCUT2D eigenvalue weighted by atomic mass is 9.96. The number of hydrogen-bond acceptors (Lipinski definition) is 3. The highest BCUT2D eigenvalue weighted by Crippen LogP contribution is 2.48. The summed E-state index contributed by atoms with van der Waals surface area (Å²) >= 11 is 0. The van der Waals surface area contributed by atoms with Gasteiger partial charge in [-0.25, -0.2) is 4.79 Å². The SMILES string of the molecule is CCCC(OCC(=O)OC(C)(C)C)(C(F)(F)F)C(F)(F)F. The van der Waals surface area contributed by atoms with Crippen LogP contribution >= 0.6 is 0 Å². The van der Waals surface area contributed by atoms with E-state index in [-0.39, 0.29) is 0 Å². The Morgan fingerprint density at radius 1 is 0.952 bits per heavy atom. The summed E-state index contributed by atoms with van der Waals surface area (Å²) < 4.78 is 85.7. The van der Waals surface area contributed by atoms with Crippen LogP contribution in [0.2, 0.25) is 0 Å². The monoisotopic (exact) mass is 324 g/mol. The highest BCUT2D eigenvalue weighted by Gasteiger charge is 2.71. The van der Waals surface area contributed by atoms with Crippen molar-refractivity contribution in [2.24, 2.45) is 0 Å². The fourth-order valence-electron chi connectivity index (χ4n) is 1.59. The third-order valence-electron chi connectivity index (χ3n) is 2.37. The molecule has 0 aromatic carbocycles. The first kappa shape index (κ1) is 20.0. The summed E-state index contributed by atoms with van der Waals surface area (Å²) in [6.07, 6.45) is -13.1. The third-order valence-corrected chi connectivity index (χ3v) is 2.37. The van der Waals surface area contributed by atoms with Gasteiger partial charge in [0.2, 0.25) is 0 Å². The minimum Gasteiger partial charge on any atom is -0.458 e. The van der Waals surface area contributed by atoms with Crippen LogP contribution in [0.5, 0.6) is 0 Å². The molecule has 0 saturated carbocycles. The highest BCUT2D eigenvalue weighted by atomic mass is 19.4. The van der Waals surface area contributed by atoms with Crippen molar-refractivity contribution in [2.45, 2.75) is 64.1 Å². The maximum absolute atomic E-state index is 12.8. The molecule has 0 aromatic heterocycles. The summed E-state index contributed by atoms with van der Waals surface area (Å²) in [6.45, 7) is 4.01. The van der Waals surface area contributed by atoms with Crippen LogP contribution < -0.4 is 0 Å². The molecule has 0 aliphatic carbocycles. The first-order valence-corrected chi connectivity index (χ1v) is 6.15. The van der Waals surface area contributed by atoms with Crippen LogP contribution in [-0.4, -0.2) is 36.1 Å². The van der Waals surface area contributed by atoms with Gasteiger partial charge in [0.25, 0.3) is 5.60 Å². The van der Waals surface area contributed by atoms with Crippen LogP contribution in [0, 0.1) is 0 Å². The van der Waals surface area contributed by atoms with Gasteiger partial charge < -0.3 is 9.47 Å². The molecule has 0 radical (unpaired) electrons. The van der Waals surface area contributed by atoms with Gasteiger partial charge in [-0.05, 0) is 27.2 Å². The first-order chi connectivity index (χ1) is 9.16. The second-order valence-corrected chi connectivity index (χ2v) is 5.45. The second kappa shape index (κ2) is 6.41. The molecule has 0 aliphatic heterocycles. The Morgan fingerprint density at radius 2 is 1.38 bits per heavy atom. The van der Waals surface area contributed by atoms with Gasteiger partial charge >= 0.3 is 18.3 Å².